The summed E-state index contributed by atoms with van der Waals surface area (Å²) in [4.78, 5) is 32.6. The molecule has 2 fully saturated rings. The molecule has 8 heteroatoms. The normalized spacial score (nSPS) is 21.0. The molecule has 0 bridgehead atoms. The van der Waals surface area contributed by atoms with E-state index in [1.807, 2.05) is 11.0 Å². The second kappa shape index (κ2) is 15.9. The van der Waals surface area contributed by atoms with Crippen molar-refractivity contribution in [2.75, 3.05) is 39.3 Å². The van der Waals surface area contributed by atoms with Crippen LogP contribution < -0.4 is 10.6 Å². The van der Waals surface area contributed by atoms with Crippen molar-refractivity contribution < 1.29 is 14.7 Å². The topological polar surface area (TPSA) is 88.2 Å². The lowest BCUT2D eigenvalue weighted by molar-refractivity contribution is -0.131. The Hall–Kier alpha value is -3.30. The molecule has 0 aliphatic carbocycles. The van der Waals surface area contributed by atoms with Gasteiger partial charge in [-0.25, -0.2) is 0 Å². The molecule has 2 saturated heterocycles. The Labute approximate surface area is 286 Å². The number of fused-ring (bicyclic) bond motifs is 2. The van der Waals surface area contributed by atoms with Crippen molar-refractivity contribution in [2.24, 2.45) is 5.92 Å². The van der Waals surface area contributed by atoms with Gasteiger partial charge in [-0.3, -0.25) is 19.4 Å². The van der Waals surface area contributed by atoms with Crippen LogP contribution in [-0.4, -0.2) is 95.2 Å². The van der Waals surface area contributed by atoms with Gasteiger partial charge in [0.15, 0.2) is 0 Å². The number of carbonyl (C=O) groups is 2. The number of hydrogen-bond acceptors (Lipinski definition) is 6. The molecule has 3 atom stereocenters. The maximum Gasteiger partial charge on any atom is 0.222 e. The van der Waals surface area contributed by atoms with Crippen molar-refractivity contribution in [3.8, 4) is 0 Å². The lowest BCUT2D eigenvalue weighted by Gasteiger charge is -2.47. The van der Waals surface area contributed by atoms with Gasteiger partial charge in [-0.15, -0.1) is 0 Å². The number of rotatable bonds is 11. The second-order valence-electron chi connectivity index (χ2n) is 14.7. The Morgan fingerprint density at radius 3 is 2.31 bits per heavy atom. The van der Waals surface area contributed by atoms with E-state index in [1.54, 1.807) is 6.92 Å². The zero-order valence-electron chi connectivity index (χ0n) is 29.1. The van der Waals surface area contributed by atoms with Crippen LogP contribution in [0.25, 0.3) is 10.8 Å². The van der Waals surface area contributed by atoms with E-state index in [0.717, 1.165) is 87.7 Å². The number of benzene rings is 3. The van der Waals surface area contributed by atoms with E-state index in [4.69, 9.17) is 0 Å². The van der Waals surface area contributed by atoms with Gasteiger partial charge >= 0.3 is 0 Å². The van der Waals surface area contributed by atoms with Crippen LogP contribution in [0.5, 0.6) is 0 Å². The minimum absolute atomic E-state index is 0.0321. The highest BCUT2D eigenvalue weighted by Gasteiger charge is 2.36. The van der Waals surface area contributed by atoms with Gasteiger partial charge < -0.3 is 20.6 Å². The number of aliphatic hydroxyl groups excluding tert-OH is 1. The van der Waals surface area contributed by atoms with Crippen molar-refractivity contribution in [2.45, 2.75) is 96.1 Å². The summed E-state index contributed by atoms with van der Waals surface area (Å²) >= 11 is 0. The SMILES string of the molecule is CC(=O)N1CCC(N(CC(C)C)C2CCN(C(O)C(Cc3cccc4ccccc34)NC(=O)CC3NCCc4ccccc43)CC2)CC1. The summed E-state index contributed by atoms with van der Waals surface area (Å²) in [5.41, 5.74) is 3.64. The lowest BCUT2D eigenvalue weighted by atomic mass is 9.92. The fourth-order valence-corrected chi connectivity index (χ4v) is 8.43. The fourth-order valence-electron chi connectivity index (χ4n) is 8.43. The average Bonchev–Trinajstić information content (AvgIpc) is 3.10. The molecule has 3 heterocycles. The standard InChI is InChI=1S/C40H55N5O3/c1-28(2)27-45(33-16-21-43(22-17-33)29(3)46)34-18-23-44(24-19-34)40(48)38(25-32-12-8-11-30-9-4-6-13-35(30)32)42-39(47)26-37-36-14-7-5-10-31(36)15-20-41-37/h4-14,28,33-34,37-38,40-41,48H,15-27H2,1-3H3,(H,42,47). The van der Waals surface area contributed by atoms with E-state index in [-0.39, 0.29) is 17.9 Å². The second-order valence-corrected chi connectivity index (χ2v) is 14.7. The van der Waals surface area contributed by atoms with Gasteiger partial charge in [0.25, 0.3) is 0 Å². The monoisotopic (exact) mass is 653 g/mol. The Bertz CT molecular complexity index is 1520. The van der Waals surface area contributed by atoms with Crippen LogP contribution in [0.4, 0.5) is 0 Å². The average molecular weight is 654 g/mol. The summed E-state index contributed by atoms with van der Waals surface area (Å²) in [7, 11) is 0. The molecule has 8 nitrogen and oxygen atoms in total. The first-order valence-corrected chi connectivity index (χ1v) is 18.3. The molecule has 3 aliphatic heterocycles. The number of nitrogens with one attached hydrogen (secondary N) is 2. The molecule has 3 N–H and O–H groups in total. The number of carbonyl (C=O) groups excluding carboxylic acids is 2. The third kappa shape index (κ3) is 8.28. The number of hydrogen-bond donors (Lipinski definition) is 3. The Morgan fingerprint density at radius 2 is 1.58 bits per heavy atom. The van der Waals surface area contributed by atoms with E-state index in [9.17, 15) is 14.7 Å². The molecule has 48 heavy (non-hydrogen) atoms. The first-order chi connectivity index (χ1) is 23.3. The molecular weight excluding hydrogens is 598 g/mol. The lowest BCUT2D eigenvalue weighted by Crippen LogP contribution is -2.58. The van der Waals surface area contributed by atoms with Gasteiger partial charge in [0.2, 0.25) is 11.8 Å². The molecule has 0 saturated carbocycles. The van der Waals surface area contributed by atoms with Gasteiger partial charge in [0.1, 0.15) is 6.23 Å². The van der Waals surface area contributed by atoms with E-state index < -0.39 is 12.3 Å². The van der Waals surface area contributed by atoms with E-state index in [1.165, 1.54) is 11.1 Å². The Morgan fingerprint density at radius 1 is 0.917 bits per heavy atom. The quantitative estimate of drug-likeness (QED) is 0.273. The third-order valence-corrected chi connectivity index (χ3v) is 10.9. The van der Waals surface area contributed by atoms with Crippen LogP contribution in [0.1, 0.15) is 75.6 Å². The predicted molar refractivity (Wildman–Crippen MR) is 193 cm³/mol. The number of nitrogens with zero attached hydrogens (tertiary/aromatic N) is 3. The zero-order chi connectivity index (χ0) is 33.6. The van der Waals surface area contributed by atoms with Crippen molar-refractivity contribution in [3.63, 3.8) is 0 Å². The molecule has 0 radical (unpaired) electrons. The van der Waals surface area contributed by atoms with E-state index in [0.29, 0.717) is 30.8 Å². The van der Waals surface area contributed by atoms with Crippen LogP contribution >= 0.6 is 0 Å². The fraction of sp³-hybridized carbons (Fsp3) is 0.550. The minimum atomic E-state index is -0.794. The first kappa shape index (κ1) is 34.6. The summed E-state index contributed by atoms with van der Waals surface area (Å²) in [6.45, 7) is 11.4. The van der Waals surface area contributed by atoms with Crippen LogP contribution in [0, 0.1) is 5.92 Å². The Balaban J connectivity index is 1.15. The maximum absolute atomic E-state index is 13.7. The Kier molecular flexibility index (Phi) is 11.5. The molecule has 3 unspecified atom stereocenters. The van der Waals surface area contributed by atoms with Crippen LogP contribution in [0.15, 0.2) is 66.7 Å². The number of aliphatic hydroxyl groups is 1. The largest absolute Gasteiger partial charge is 0.376 e. The summed E-state index contributed by atoms with van der Waals surface area (Å²) in [5, 5.41) is 21.2. The van der Waals surface area contributed by atoms with E-state index >= 15 is 0 Å². The van der Waals surface area contributed by atoms with Crippen molar-refractivity contribution >= 4 is 22.6 Å². The molecule has 0 aromatic heterocycles. The van der Waals surface area contributed by atoms with Crippen LogP contribution in [0.2, 0.25) is 0 Å². The third-order valence-electron chi connectivity index (χ3n) is 10.9. The molecule has 2 amide bonds. The molecule has 3 aliphatic rings. The number of piperidine rings is 2. The highest BCUT2D eigenvalue weighted by atomic mass is 16.3. The summed E-state index contributed by atoms with van der Waals surface area (Å²) in [6.07, 6.45) is 5.07. The summed E-state index contributed by atoms with van der Waals surface area (Å²) < 4.78 is 0. The van der Waals surface area contributed by atoms with Crippen molar-refractivity contribution in [1.29, 1.82) is 0 Å². The molecule has 6 rings (SSSR count). The molecule has 258 valence electrons. The van der Waals surface area contributed by atoms with Gasteiger partial charge in [0.05, 0.1) is 6.04 Å². The maximum atomic E-state index is 13.7. The molecule has 3 aromatic rings. The molecular formula is C40H55N5O3. The van der Waals surface area contributed by atoms with Crippen molar-refractivity contribution in [3.05, 3.63) is 83.4 Å². The summed E-state index contributed by atoms with van der Waals surface area (Å²) in [5.74, 6) is 0.699. The molecule has 0 spiro atoms. The number of likely N-dealkylation sites (tertiary alicyclic amines) is 2. The van der Waals surface area contributed by atoms with Crippen LogP contribution in [-0.2, 0) is 22.4 Å². The smallest absolute Gasteiger partial charge is 0.222 e. The van der Waals surface area contributed by atoms with Gasteiger partial charge in [0, 0.05) is 64.2 Å². The van der Waals surface area contributed by atoms with Gasteiger partial charge in [-0.2, -0.15) is 0 Å². The first-order valence-electron chi connectivity index (χ1n) is 18.3. The highest BCUT2D eigenvalue weighted by Crippen LogP contribution is 2.29. The minimum Gasteiger partial charge on any atom is -0.376 e. The predicted octanol–water partition coefficient (Wildman–Crippen LogP) is 4.90. The number of amides is 2. The van der Waals surface area contributed by atoms with Crippen molar-refractivity contribution in [1.82, 2.24) is 25.3 Å². The zero-order valence-corrected chi connectivity index (χ0v) is 29.1. The summed E-state index contributed by atoms with van der Waals surface area (Å²) in [6, 6.07) is 23.5. The highest BCUT2D eigenvalue weighted by molar-refractivity contribution is 5.86. The molecule has 3 aromatic carbocycles. The van der Waals surface area contributed by atoms with E-state index in [2.05, 4.69) is 94.9 Å². The van der Waals surface area contributed by atoms with Gasteiger partial charge in [-0.05, 0) is 78.5 Å². The van der Waals surface area contributed by atoms with Gasteiger partial charge in [-0.1, -0.05) is 80.6 Å². The van der Waals surface area contributed by atoms with Crippen LogP contribution in [0.3, 0.4) is 0 Å².